The van der Waals surface area contributed by atoms with Gasteiger partial charge in [-0.05, 0) is 42.0 Å². The molecule has 1 nitrogen and oxygen atoms in total. The first kappa shape index (κ1) is 12.6. The van der Waals surface area contributed by atoms with E-state index in [1.165, 1.54) is 30.3 Å². The summed E-state index contributed by atoms with van der Waals surface area (Å²) in [6, 6.07) is 10.1. The predicted molar refractivity (Wildman–Crippen MR) is 69.9 cm³/mol. The molecule has 0 amide bonds. The SMILES string of the molecule is N/C(=C\c1cccc(F)c1)c1ccc(Cl)cc1F. The van der Waals surface area contributed by atoms with Crippen molar-refractivity contribution in [2.24, 2.45) is 5.73 Å². The first-order valence-corrected chi connectivity index (χ1v) is 5.62. The molecule has 0 aliphatic rings. The van der Waals surface area contributed by atoms with Crippen LogP contribution in [0.25, 0.3) is 11.8 Å². The van der Waals surface area contributed by atoms with Crippen LogP contribution in [-0.4, -0.2) is 0 Å². The molecule has 0 saturated carbocycles. The van der Waals surface area contributed by atoms with Crippen molar-refractivity contribution in [3.8, 4) is 0 Å². The van der Waals surface area contributed by atoms with Gasteiger partial charge in [-0.25, -0.2) is 8.78 Å². The zero-order chi connectivity index (χ0) is 13.1. The molecular formula is C14H10ClF2N. The maximum absolute atomic E-state index is 13.6. The zero-order valence-electron chi connectivity index (χ0n) is 9.33. The van der Waals surface area contributed by atoms with E-state index in [1.807, 2.05) is 0 Å². The Hall–Kier alpha value is -1.87. The average molecular weight is 266 g/mol. The van der Waals surface area contributed by atoms with Crippen molar-refractivity contribution in [2.45, 2.75) is 0 Å². The van der Waals surface area contributed by atoms with E-state index in [0.29, 0.717) is 10.6 Å². The molecule has 0 spiro atoms. The molecule has 2 aromatic rings. The number of halogens is 3. The van der Waals surface area contributed by atoms with Crippen molar-refractivity contribution < 1.29 is 8.78 Å². The van der Waals surface area contributed by atoms with Gasteiger partial charge >= 0.3 is 0 Å². The third kappa shape index (κ3) is 2.87. The maximum Gasteiger partial charge on any atom is 0.133 e. The minimum atomic E-state index is -0.507. The van der Waals surface area contributed by atoms with Crippen LogP contribution in [0.1, 0.15) is 11.1 Å². The van der Waals surface area contributed by atoms with Crippen LogP contribution in [-0.2, 0) is 0 Å². The lowest BCUT2D eigenvalue weighted by molar-refractivity contribution is 0.624. The number of hydrogen-bond acceptors (Lipinski definition) is 1. The van der Waals surface area contributed by atoms with E-state index < -0.39 is 5.82 Å². The van der Waals surface area contributed by atoms with Gasteiger partial charge < -0.3 is 5.73 Å². The average Bonchev–Trinajstić information content (AvgIpc) is 2.28. The molecule has 0 bridgehead atoms. The van der Waals surface area contributed by atoms with Crippen LogP contribution in [0.3, 0.4) is 0 Å². The van der Waals surface area contributed by atoms with Gasteiger partial charge in [0.1, 0.15) is 11.6 Å². The van der Waals surface area contributed by atoms with Crippen LogP contribution in [0.5, 0.6) is 0 Å². The lowest BCUT2D eigenvalue weighted by Crippen LogP contribution is -1.99. The van der Waals surface area contributed by atoms with Crippen LogP contribution in [0.15, 0.2) is 42.5 Å². The van der Waals surface area contributed by atoms with E-state index in [1.54, 1.807) is 18.2 Å². The Labute approximate surface area is 109 Å². The lowest BCUT2D eigenvalue weighted by atomic mass is 10.1. The summed E-state index contributed by atoms with van der Waals surface area (Å²) in [7, 11) is 0. The Kier molecular flexibility index (Phi) is 3.63. The standard InChI is InChI=1S/C14H10ClF2N/c15-10-4-5-12(13(17)8-10)14(18)7-9-2-1-3-11(16)6-9/h1-8H,18H2/b14-7-. The second-order valence-electron chi connectivity index (χ2n) is 3.78. The van der Waals surface area contributed by atoms with Crippen LogP contribution >= 0.6 is 11.6 Å². The minimum absolute atomic E-state index is 0.217. The van der Waals surface area contributed by atoms with Crippen molar-refractivity contribution in [1.29, 1.82) is 0 Å². The molecule has 2 N–H and O–H groups in total. The van der Waals surface area contributed by atoms with Crippen molar-refractivity contribution in [2.75, 3.05) is 0 Å². The number of rotatable bonds is 2. The Morgan fingerprint density at radius 3 is 2.56 bits per heavy atom. The Balaban J connectivity index is 2.39. The first-order chi connectivity index (χ1) is 8.56. The van der Waals surface area contributed by atoms with Crippen LogP contribution in [0.2, 0.25) is 5.02 Å². The summed E-state index contributed by atoms with van der Waals surface area (Å²) in [6.07, 6.45) is 1.51. The summed E-state index contributed by atoms with van der Waals surface area (Å²) in [5, 5.41) is 0.301. The molecule has 0 radical (unpaired) electrons. The van der Waals surface area contributed by atoms with Crippen molar-refractivity contribution >= 4 is 23.4 Å². The van der Waals surface area contributed by atoms with Crippen molar-refractivity contribution in [1.82, 2.24) is 0 Å². The molecule has 2 rings (SSSR count). The summed E-state index contributed by atoms with van der Waals surface area (Å²) < 4.78 is 26.6. The van der Waals surface area contributed by atoms with Gasteiger partial charge in [0.2, 0.25) is 0 Å². The smallest absolute Gasteiger partial charge is 0.133 e. The summed E-state index contributed by atoms with van der Waals surface area (Å²) in [6.45, 7) is 0. The van der Waals surface area contributed by atoms with Gasteiger partial charge in [0, 0.05) is 16.3 Å². The zero-order valence-corrected chi connectivity index (χ0v) is 10.1. The molecule has 0 aliphatic heterocycles. The number of benzene rings is 2. The quantitative estimate of drug-likeness (QED) is 0.814. The third-order valence-electron chi connectivity index (χ3n) is 2.41. The summed E-state index contributed by atoms with van der Waals surface area (Å²) >= 11 is 5.65. The molecule has 0 atom stereocenters. The molecular weight excluding hydrogens is 256 g/mol. The van der Waals surface area contributed by atoms with Gasteiger partial charge in [-0.1, -0.05) is 23.7 Å². The molecule has 92 valence electrons. The molecule has 0 fully saturated rings. The summed E-state index contributed by atoms with van der Waals surface area (Å²) in [5.41, 5.74) is 6.81. The molecule has 18 heavy (non-hydrogen) atoms. The van der Waals surface area contributed by atoms with Crippen molar-refractivity contribution in [3.63, 3.8) is 0 Å². The Morgan fingerprint density at radius 1 is 1.11 bits per heavy atom. The molecule has 0 heterocycles. The molecule has 0 aliphatic carbocycles. The van der Waals surface area contributed by atoms with Gasteiger partial charge in [0.15, 0.2) is 0 Å². The highest BCUT2D eigenvalue weighted by Gasteiger charge is 2.05. The second kappa shape index (κ2) is 5.19. The Morgan fingerprint density at radius 2 is 1.89 bits per heavy atom. The molecule has 2 aromatic carbocycles. The van der Waals surface area contributed by atoms with E-state index >= 15 is 0 Å². The fraction of sp³-hybridized carbons (Fsp3) is 0. The minimum Gasteiger partial charge on any atom is -0.398 e. The summed E-state index contributed by atoms with van der Waals surface area (Å²) in [4.78, 5) is 0. The van der Waals surface area contributed by atoms with Gasteiger partial charge in [0.25, 0.3) is 0 Å². The van der Waals surface area contributed by atoms with E-state index in [0.717, 1.165) is 0 Å². The topological polar surface area (TPSA) is 26.0 Å². The molecule has 0 saturated heterocycles. The second-order valence-corrected chi connectivity index (χ2v) is 4.22. The highest BCUT2D eigenvalue weighted by atomic mass is 35.5. The largest absolute Gasteiger partial charge is 0.398 e. The molecule has 0 aromatic heterocycles. The molecule has 4 heteroatoms. The monoisotopic (exact) mass is 265 g/mol. The first-order valence-electron chi connectivity index (χ1n) is 5.24. The fourth-order valence-electron chi connectivity index (χ4n) is 1.58. The van der Waals surface area contributed by atoms with E-state index in [4.69, 9.17) is 17.3 Å². The van der Waals surface area contributed by atoms with Gasteiger partial charge in [-0.15, -0.1) is 0 Å². The van der Waals surface area contributed by atoms with E-state index in [9.17, 15) is 8.78 Å². The van der Waals surface area contributed by atoms with E-state index in [2.05, 4.69) is 0 Å². The number of nitrogens with two attached hydrogens (primary N) is 1. The van der Waals surface area contributed by atoms with Crippen LogP contribution in [0, 0.1) is 11.6 Å². The highest BCUT2D eigenvalue weighted by Crippen LogP contribution is 2.20. The van der Waals surface area contributed by atoms with Crippen LogP contribution in [0.4, 0.5) is 8.78 Å². The van der Waals surface area contributed by atoms with Gasteiger partial charge in [0.05, 0.1) is 0 Å². The Bertz CT molecular complexity index is 608. The van der Waals surface area contributed by atoms with Gasteiger partial charge in [-0.2, -0.15) is 0 Å². The molecule has 0 unspecified atom stereocenters. The predicted octanol–water partition coefficient (Wildman–Crippen LogP) is 4.08. The lowest BCUT2D eigenvalue weighted by Gasteiger charge is -2.04. The van der Waals surface area contributed by atoms with Crippen LogP contribution < -0.4 is 5.73 Å². The maximum atomic E-state index is 13.6. The highest BCUT2D eigenvalue weighted by molar-refractivity contribution is 6.30. The van der Waals surface area contributed by atoms with Gasteiger partial charge in [-0.3, -0.25) is 0 Å². The fourth-order valence-corrected chi connectivity index (χ4v) is 1.74. The van der Waals surface area contributed by atoms with Crippen molar-refractivity contribution in [3.05, 3.63) is 70.2 Å². The normalized spacial score (nSPS) is 11.6. The summed E-state index contributed by atoms with van der Waals surface area (Å²) in [5.74, 6) is -0.874. The third-order valence-corrected chi connectivity index (χ3v) is 2.65. The van der Waals surface area contributed by atoms with E-state index in [-0.39, 0.29) is 17.1 Å². The number of hydrogen-bond donors (Lipinski definition) is 1.